The molecule has 0 saturated heterocycles. The fourth-order valence-electron chi connectivity index (χ4n) is 2.99. The molecule has 0 aliphatic heterocycles. The number of ether oxygens (including phenoxy) is 2. The minimum Gasteiger partial charge on any atom is -0.493 e. The number of rotatable bonds is 5. The average Bonchev–Trinajstić information content (AvgIpc) is 2.66. The number of methoxy groups -OCH3 is 1. The van der Waals surface area contributed by atoms with Crippen LogP contribution in [0.3, 0.4) is 0 Å². The molecule has 0 N–H and O–H groups in total. The largest absolute Gasteiger partial charge is 0.493 e. The number of aromatic nitrogens is 1. The number of esters is 1. The normalized spacial score (nSPS) is 11.0. The Morgan fingerprint density at radius 1 is 1.04 bits per heavy atom. The summed E-state index contributed by atoms with van der Waals surface area (Å²) in [5, 5.41) is 1.22. The topological polar surface area (TPSA) is 39.4 Å². The van der Waals surface area contributed by atoms with Crippen LogP contribution in [0.1, 0.15) is 25.1 Å². The van der Waals surface area contributed by atoms with Gasteiger partial charge in [-0.2, -0.15) is 4.57 Å². The fraction of sp³-hybridized carbons (Fsp3) is 0.182. The van der Waals surface area contributed by atoms with Crippen molar-refractivity contribution in [2.75, 3.05) is 7.11 Å². The lowest BCUT2D eigenvalue weighted by atomic mass is 10.1. The maximum absolute atomic E-state index is 11.2. The van der Waals surface area contributed by atoms with Gasteiger partial charge in [-0.15, -0.1) is 0 Å². The third-order valence-electron chi connectivity index (χ3n) is 4.18. The van der Waals surface area contributed by atoms with Gasteiger partial charge in [0.25, 0.3) is 0 Å². The van der Waals surface area contributed by atoms with Crippen molar-refractivity contribution in [2.45, 2.75) is 20.4 Å². The molecule has 4 heteroatoms. The molecule has 1 aromatic heterocycles. The first kappa shape index (κ1) is 17.7. The lowest BCUT2D eigenvalue weighted by molar-refractivity contribution is -0.669. The molecule has 0 aliphatic rings. The fourth-order valence-corrected chi connectivity index (χ4v) is 2.99. The first-order valence-corrected chi connectivity index (χ1v) is 8.58. The molecule has 0 aliphatic carbocycles. The summed E-state index contributed by atoms with van der Waals surface area (Å²) in [6.45, 7) is 4.40. The zero-order valence-electron chi connectivity index (χ0n) is 15.2. The zero-order chi connectivity index (χ0) is 18.5. The molecule has 3 rings (SSSR count). The maximum Gasteiger partial charge on any atom is 0.308 e. The van der Waals surface area contributed by atoms with Crippen molar-refractivity contribution in [1.82, 2.24) is 0 Å². The molecule has 0 radical (unpaired) electrons. The monoisotopic (exact) mass is 348 g/mol. The van der Waals surface area contributed by atoms with Gasteiger partial charge in [0.05, 0.1) is 7.11 Å². The molecule has 0 spiro atoms. The molecule has 0 atom stereocenters. The lowest BCUT2D eigenvalue weighted by Crippen LogP contribution is -2.36. The summed E-state index contributed by atoms with van der Waals surface area (Å²) in [5.74, 6) is 0.586. The smallest absolute Gasteiger partial charge is 0.308 e. The molecule has 132 valence electrons. The van der Waals surface area contributed by atoms with Gasteiger partial charge in [-0.05, 0) is 42.8 Å². The highest BCUT2D eigenvalue weighted by atomic mass is 16.6. The lowest BCUT2D eigenvalue weighted by Gasteiger charge is -2.08. The first-order chi connectivity index (χ1) is 12.6. The van der Waals surface area contributed by atoms with Crippen LogP contribution in [0.2, 0.25) is 0 Å². The number of pyridine rings is 1. The number of hydrogen-bond donors (Lipinski definition) is 0. The number of nitrogens with zero attached hydrogens (tertiary/aromatic N) is 1. The van der Waals surface area contributed by atoms with Crippen LogP contribution in [0.25, 0.3) is 23.1 Å². The minimum atomic E-state index is -0.369. The van der Waals surface area contributed by atoms with Crippen LogP contribution >= 0.6 is 0 Å². The molecule has 2 aromatic carbocycles. The standard InChI is InChI=1S/C22H22NO3/c1-4-23-19(13-11-18-7-5-6-8-20(18)23)12-9-17-10-14-21(26-16(2)24)22(15-17)25-3/h5-15H,4H2,1-3H3/q+1/b12-9+. The van der Waals surface area contributed by atoms with Gasteiger partial charge in [0.2, 0.25) is 11.2 Å². The first-order valence-electron chi connectivity index (χ1n) is 8.58. The second kappa shape index (κ2) is 7.83. The van der Waals surface area contributed by atoms with Gasteiger partial charge < -0.3 is 9.47 Å². The second-order valence-electron chi connectivity index (χ2n) is 5.90. The van der Waals surface area contributed by atoms with E-state index in [2.05, 4.69) is 54.0 Å². The zero-order valence-corrected chi connectivity index (χ0v) is 15.2. The van der Waals surface area contributed by atoms with Crippen molar-refractivity contribution in [3.05, 3.63) is 65.9 Å². The van der Waals surface area contributed by atoms with E-state index in [0.717, 1.165) is 17.8 Å². The van der Waals surface area contributed by atoms with Crippen LogP contribution in [0.5, 0.6) is 11.5 Å². The van der Waals surface area contributed by atoms with Crippen molar-refractivity contribution in [3.63, 3.8) is 0 Å². The van der Waals surface area contributed by atoms with Gasteiger partial charge in [-0.25, -0.2) is 0 Å². The van der Waals surface area contributed by atoms with Crippen molar-refractivity contribution in [3.8, 4) is 11.5 Å². The number of benzene rings is 2. The summed E-state index contributed by atoms with van der Waals surface area (Å²) in [6, 6.07) is 18.1. The highest BCUT2D eigenvalue weighted by molar-refractivity contribution is 5.77. The van der Waals surface area contributed by atoms with Gasteiger partial charge in [-0.1, -0.05) is 18.2 Å². The molecule has 0 saturated carbocycles. The predicted octanol–water partition coefficient (Wildman–Crippen LogP) is 4.25. The molecule has 0 amide bonds. The van der Waals surface area contributed by atoms with Gasteiger partial charge >= 0.3 is 5.97 Å². The Kier molecular flexibility index (Phi) is 5.32. The molecule has 0 unspecified atom stereocenters. The summed E-state index contributed by atoms with van der Waals surface area (Å²) < 4.78 is 12.7. The highest BCUT2D eigenvalue weighted by Crippen LogP contribution is 2.29. The van der Waals surface area contributed by atoms with E-state index in [0.29, 0.717) is 11.5 Å². The summed E-state index contributed by atoms with van der Waals surface area (Å²) in [5.41, 5.74) is 3.29. The molecule has 0 fully saturated rings. The summed E-state index contributed by atoms with van der Waals surface area (Å²) >= 11 is 0. The Morgan fingerprint density at radius 2 is 1.85 bits per heavy atom. The van der Waals surface area contributed by atoms with Gasteiger partial charge in [0, 0.05) is 30.5 Å². The van der Waals surface area contributed by atoms with E-state index < -0.39 is 0 Å². The van der Waals surface area contributed by atoms with Crippen LogP contribution in [-0.2, 0) is 11.3 Å². The number of para-hydroxylation sites is 1. The predicted molar refractivity (Wildman–Crippen MR) is 103 cm³/mol. The Balaban J connectivity index is 1.95. The van der Waals surface area contributed by atoms with Crippen molar-refractivity contribution < 1.29 is 18.8 Å². The Labute approximate surface area is 153 Å². The van der Waals surface area contributed by atoms with Crippen molar-refractivity contribution >= 4 is 29.0 Å². The van der Waals surface area contributed by atoms with Crippen LogP contribution in [0, 0.1) is 0 Å². The molecular formula is C22H22NO3+. The summed E-state index contributed by atoms with van der Waals surface area (Å²) in [4.78, 5) is 11.2. The van der Waals surface area contributed by atoms with Crippen LogP contribution in [0.15, 0.2) is 54.6 Å². The van der Waals surface area contributed by atoms with Crippen molar-refractivity contribution in [2.24, 2.45) is 0 Å². The summed E-state index contributed by atoms with van der Waals surface area (Å²) in [7, 11) is 1.56. The average molecular weight is 348 g/mol. The van der Waals surface area contributed by atoms with E-state index in [4.69, 9.17) is 9.47 Å². The van der Waals surface area contributed by atoms with Crippen LogP contribution < -0.4 is 14.0 Å². The number of hydrogen-bond acceptors (Lipinski definition) is 3. The van der Waals surface area contributed by atoms with E-state index in [9.17, 15) is 4.79 Å². The molecule has 3 aromatic rings. The number of aryl methyl sites for hydroxylation is 1. The van der Waals surface area contributed by atoms with Gasteiger partial charge in [0.1, 0.15) is 6.54 Å². The quantitative estimate of drug-likeness (QED) is 0.393. The minimum absolute atomic E-state index is 0.369. The Morgan fingerprint density at radius 3 is 2.58 bits per heavy atom. The number of carbonyl (C=O) groups excluding carboxylic acids is 1. The van der Waals surface area contributed by atoms with Crippen LogP contribution in [0.4, 0.5) is 0 Å². The molecule has 1 heterocycles. The Hall–Kier alpha value is -3.14. The van der Waals surface area contributed by atoms with E-state index >= 15 is 0 Å². The molecule has 0 bridgehead atoms. The van der Waals surface area contributed by atoms with E-state index in [-0.39, 0.29) is 5.97 Å². The molecule has 26 heavy (non-hydrogen) atoms. The van der Waals surface area contributed by atoms with E-state index in [1.165, 1.54) is 17.8 Å². The van der Waals surface area contributed by atoms with Crippen LogP contribution in [-0.4, -0.2) is 13.1 Å². The Bertz CT molecular complexity index is 976. The third kappa shape index (κ3) is 3.75. The molecular weight excluding hydrogens is 326 g/mol. The second-order valence-corrected chi connectivity index (χ2v) is 5.90. The maximum atomic E-state index is 11.2. The third-order valence-corrected chi connectivity index (χ3v) is 4.18. The highest BCUT2D eigenvalue weighted by Gasteiger charge is 2.11. The summed E-state index contributed by atoms with van der Waals surface area (Å²) in [6.07, 6.45) is 4.10. The SMILES string of the molecule is CC[n+]1c(/C=C/c2ccc(OC(C)=O)c(OC)c2)ccc2ccccc21. The van der Waals surface area contributed by atoms with E-state index in [1.54, 1.807) is 13.2 Å². The van der Waals surface area contributed by atoms with E-state index in [1.807, 2.05) is 18.2 Å². The van der Waals surface area contributed by atoms with Gasteiger partial charge in [-0.3, -0.25) is 4.79 Å². The molecule has 4 nitrogen and oxygen atoms in total. The van der Waals surface area contributed by atoms with Crippen molar-refractivity contribution in [1.29, 1.82) is 0 Å². The number of fused-ring (bicyclic) bond motifs is 1. The van der Waals surface area contributed by atoms with Gasteiger partial charge in [0.15, 0.2) is 11.5 Å². The number of carbonyl (C=O) groups is 1.